The molecule has 0 atom stereocenters. The molecule has 1 aromatic rings. The summed E-state index contributed by atoms with van der Waals surface area (Å²) in [6.45, 7) is 3.60. The van der Waals surface area contributed by atoms with Gasteiger partial charge < -0.3 is 13.6 Å². The first-order valence-corrected chi connectivity index (χ1v) is 10.1. The van der Waals surface area contributed by atoms with Gasteiger partial charge in [0.2, 0.25) is 0 Å². The van der Waals surface area contributed by atoms with Crippen LogP contribution in [0, 0.1) is 0 Å². The molecule has 152 valence electrons. The van der Waals surface area contributed by atoms with Gasteiger partial charge in [-0.3, -0.25) is 0 Å². The number of carbonyl (C=O) groups is 1. The fourth-order valence-corrected chi connectivity index (χ4v) is 3.74. The third kappa shape index (κ3) is 7.19. The molecular formula is C14H15F3NO7S2-. The second-order valence-corrected chi connectivity index (χ2v) is 8.30. The minimum atomic E-state index is -6.18. The molecule has 0 N–H and O–H groups in total. The monoisotopic (exact) mass is 430 g/mol. The number of carbonyl (C=O) groups excluding carboxylic acids is 1. The predicted octanol–water partition coefficient (Wildman–Crippen LogP) is 2.49. The molecule has 1 aromatic carbocycles. The first-order chi connectivity index (χ1) is 12.4. The number of esters is 1. The molecule has 13 heteroatoms. The molecule has 0 fully saturated rings. The van der Waals surface area contributed by atoms with Crippen LogP contribution in [-0.4, -0.2) is 41.5 Å². The van der Waals surface area contributed by atoms with Gasteiger partial charge in [-0.1, -0.05) is 6.58 Å². The number of unbranched alkanes of at least 4 members (excludes halogenated alkanes) is 1. The fourth-order valence-electron chi connectivity index (χ4n) is 1.55. The Hall–Kier alpha value is -2.12. The van der Waals surface area contributed by atoms with Crippen LogP contribution in [0.15, 0.2) is 41.8 Å². The van der Waals surface area contributed by atoms with Crippen molar-refractivity contribution < 1.29 is 44.3 Å². The molecule has 0 spiro atoms. The van der Waals surface area contributed by atoms with Gasteiger partial charge in [-0.2, -0.15) is 13.2 Å². The van der Waals surface area contributed by atoms with Crippen LogP contribution in [0.5, 0.6) is 5.75 Å². The molecule has 8 nitrogen and oxygen atoms in total. The molecule has 0 aliphatic carbocycles. The summed E-state index contributed by atoms with van der Waals surface area (Å²) in [6, 6.07) is 4.01. The zero-order valence-corrected chi connectivity index (χ0v) is 15.3. The SMILES string of the molecule is C=CC(=O)OCCCCOc1ccc(S(=O)(=O)[N-]S(=O)(=O)C(F)(F)F)cc1. The van der Waals surface area contributed by atoms with E-state index < -0.39 is 36.4 Å². The summed E-state index contributed by atoms with van der Waals surface area (Å²) >= 11 is 0. The average Bonchev–Trinajstić information content (AvgIpc) is 2.56. The Morgan fingerprint density at radius 1 is 1.07 bits per heavy atom. The van der Waals surface area contributed by atoms with Gasteiger partial charge in [-0.25, -0.2) is 21.6 Å². The van der Waals surface area contributed by atoms with Gasteiger partial charge in [0.25, 0.3) is 0 Å². The Morgan fingerprint density at radius 2 is 1.63 bits per heavy atom. The summed E-state index contributed by atoms with van der Waals surface area (Å²) in [5.41, 5.74) is -5.82. The van der Waals surface area contributed by atoms with E-state index in [9.17, 15) is 34.8 Å². The van der Waals surface area contributed by atoms with Crippen LogP contribution in [0.1, 0.15) is 12.8 Å². The maximum Gasteiger partial charge on any atom is 0.480 e. The highest BCUT2D eigenvalue weighted by atomic mass is 32.3. The highest BCUT2D eigenvalue weighted by Crippen LogP contribution is 2.32. The number of halogens is 3. The molecule has 0 aliphatic heterocycles. The summed E-state index contributed by atoms with van der Waals surface area (Å²) in [5, 5.41) is 0. The van der Waals surface area contributed by atoms with Crippen molar-refractivity contribution in [2.75, 3.05) is 13.2 Å². The van der Waals surface area contributed by atoms with Gasteiger partial charge in [-0.05, 0) is 37.1 Å². The van der Waals surface area contributed by atoms with E-state index in [1.54, 1.807) is 0 Å². The minimum Gasteiger partial charge on any atom is -0.494 e. The lowest BCUT2D eigenvalue weighted by atomic mass is 10.3. The molecule has 0 bridgehead atoms. The van der Waals surface area contributed by atoms with Crippen LogP contribution in [0.4, 0.5) is 13.2 Å². The highest BCUT2D eigenvalue weighted by molar-refractivity contribution is 8.12. The van der Waals surface area contributed by atoms with E-state index in [0.29, 0.717) is 12.8 Å². The molecular weight excluding hydrogens is 415 g/mol. The van der Waals surface area contributed by atoms with Gasteiger partial charge >= 0.3 is 11.5 Å². The van der Waals surface area contributed by atoms with Crippen molar-refractivity contribution in [3.05, 3.63) is 41.0 Å². The van der Waals surface area contributed by atoms with E-state index >= 15 is 0 Å². The van der Waals surface area contributed by atoms with Crippen molar-refractivity contribution in [2.24, 2.45) is 0 Å². The number of ether oxygens (including phenoxy) is 2. The van der Waals surface area contributed by atoms with Gasteiger partial charge in [0, 0.05) is 11.0 Å². The van der Waals surface area contributed by atoms with Crippen molar-refractivity contribution >= 4 is 26.0 Å². The van der Waals surface area contributed by atoms with Crippen molar-refractivity contribution in [2.45, 2.75) is 23.2 Å². The molecule has 0 heterocycles. The van der Waals surface area contributed by atoms with Crippen molar-refractivity contribution in [3.8, 4) is 5.75 Å². The number of nitrogens with zero attached hydrogens (tertiary/aromatic N) is 1. The normalized spacial score (nSPS) is 12.4. The highest BCUT2D eigenvalue weighted by Gasteiger charge is 2.40. The zero-order chi connectivity index (χ0) is 20.7. The Labute approximate surface area is 154 Å². The maximum atomic E-state index is 12.2. The van der Waals surface area contributed by atoms with Crippen LogP contribution in [0.3, 0.4) is 0 Å². The molecule has 0 saturated carbocycles. The second kappa shape index (κ2) is 9.19. The summed E-state index contributed by atoms with van der Waals surface area (Å²) in [7, 11) is -11.2. The van der Waals surface area contributed by atoms with E-state index in [0.717, 1.165) is 30.3 Å². The van der Waals surface area contributed by atoms with Crippen LogP contribution < -0.4 is 4.74 Å². The number of hydrogen-bond donors (Lipinski definition) is 0. The van der Waals surface area contributed by atoms with Crippen LogP contribution >= 0.6 is 0 Å². The van der Waals surface area contributed by atoms with E-state index in [1.807, 2.05) is 4.13 Å². The molecule has 0 unspecified atom stereocenters. The number of rotatable bonds is 10. The molecule has 1 rings (SSSR count). The van der Waals surface area contributed by atoms with E-state index in [-0.39, 0.29) is 19.0 Å². The fraction of sp³-hybridized carbons (Fsp3) is 0.357. The maximum absolute atomic E-state index is 12.2. The third-order valence-electron chi connectivity index (χ3n) is 2.83. The van der Waals surface area contributed by atoms with E-state index in [4.69, 9.17) is 9.47 Å². The van der Waals surface area contributed by atoms with Crippen molar-refractivity contribution in [3.63, 3.8) is 0 Å². The largest absolute Gasteiger partial charge is 0.494 e. The Bertz CT molecular complexity index is 863. The quantitative estimate of drug-likeness (QED) is 0.318. The Kier molecular flexibility index (Phi) is 7.80. The van der Waals surface area contributed by atoms with Crippen LogP contribution in [0.2, 0.25) is 0 Å². The smallest absolute Gasteiger partial charge is 0.480 e. The van der Waals surface area contributed by atoms with Crippen LogP contribution in [-0.2, 0) is 29.6 Å². The number of alkyl halides is 3. The Balaban J connectivity index is 2.58. The predicted molar refractivity (Wildman–Crippen MR) is 87.8 cm³/mol. The molecule has 0 aromatic heterocycles. The lowest BCUT2D eigenvalue weighted by Gasteiger charge is -2.22. The lowest BCUT2D eigenvalue weighted by Crippen LogP contribution is -2.24. The first kappa shape index (κ1) is 22.9. The number of hydrogen-bond acceptors (Lipinski definition) is 7. The van der Waals surface area contributed by atoms with Gasteiger partial charge in [0.05, 0.1) is 13.2 Å². The number of benzene rings is 1. The van der Waals surface area contributed by atoms with Crippen molar-refractivity contribution in [1.82, 2.24) is 0 Å². The average molecular weight is 430 g/mol. The lowest BCUT2D eigenvalue weighted by molar-refractivity contribution is -0.137. The molecule has 27 heavy (non-hydrogen) atoms. The second-order valence-electron chi connectivity index (χ2n) is 4.87. The molecule has 0 saturated heterocycles. The van der Waals surface area contributed by atoms with E-state index in [1.165, 1.54) is 0 Å². The Morgan fingerprint density at radius 3 is 2.15 bits per heavy atom. The molecule has 0 amide bonds. The van der Waals surface area contributed by atoms with Gasteiger partial charge in [-0.15, -0.1) is 0 Å². The zero-order valence-electron chi connectivity index (χ0n) is 13.7. The van der Waals surface area contributed by atoms with Gasteiger partial charge in [0.1, 0.15) is 15.8 Å². The van der Waals surface area contributed by atoms with E-state index in [2.05, 4.69) is 6.58 Å². The summed E-state index contributed by atoms with van der Waals surface area (Å²) in [4.78, 5) is 10.1. The minimum absolute atomic E-state index is 0.167. The summed E-state index contributed by atoms with van der Waals surface area (Å²) in [6.07, 6.45) is 2.03. The van der Waals surface area contributed by atoms with Crippen LogP contribution in [0.25, 0.3) is 4.13 Å². The standard InChI is InChI=1S/C14H15F3NO7S2/c1-2-13(19)25-10-4-3-9-24-11-5-7-12(8-6-11)26(20,21)18-27(22,23)14(15,16)17/h2,5-8H,1,3-4,9-10H2/q-1. The summed E-state index contributed by atoms with van der Waals surface area (Å²) in [5.74, 6) is -0.346. The molecule has 0 radical (unpaired) electrons. The third-order valence-corrected chi connectivity index (χ3v) is 5.85. The summed E-state index contributed by atoms with van der Waals surface area (Å²) < 4.78 is 93.8. The van der Waals surface area contributed by atoms with Crippen molar-refractivity contribution in [1.29, 1.82) is 0 Å². The van der Waals surface area contributed by atoms with Gasteiger partial charge in [0.15, 0.2) is 10.0 Å². The topological polar surface area (TPSA) is 118 Å². The first-order valence-electron chi connectivity index (χ1n) is 7.22. The number of sulfonamides is 2. The molecule has 0 aliphatic rings.